The largest absolute Gasteiger partial charge is 0.507 e. The molecule has 1 amide bonds. The number of aryl methyl sites for hydroxylation is 1. The number of ether oxygens (including phenoxy) is 3. The van der Waals surface area contributed by atoms with E-state index in [-0.39, 0.29) is 29.1 Å². The van der Waals surface area contributed by atoms with Crippen molar-refractivity contribution in [2.45, 2.75) is 40.7 Å². The number of methoxy groups -OCH3 is 2. The van der Waals surface area contributed by atoms with Gasteiger partial charge in [0.05, 0.1) is 32.4 Å². The minimum Gasteiger partial charge on any atom is -0.507 e. The topological polar surface area (TPSA) is 121 Å². The number of carbonyl (C=O) groups is 3. The number of aromatic nitrogens is 1. The van der Waals surface area contributed by atoms with Gasteiger partial charge >= 0.3 is 5.97 Å². The Morgan fingerprint density at radius 3 is 2.37 bits per heavy atom. The predicted octanol–water partition coefficient (Wildman–Crippen LogP) is 3.59. The van der Waals surface area contributed by atoms with Gasteiger partial charge in [0.2, 0.25) is 0 Å². The molecule has 1 unspecified atom stereocenters. The number of likely N-dealkylation sites (tertiary alicyclic amines) is 1. The fourth-order valence-corrected chi connectivity index (χ4v) is 4.92. The van der Waals surface area contributed by atoms with Crippen LogP contribution in [0, 0.1) is 13.8 Å². The Kier molecular flexibility index (Phi) is 9.22. The number of aromatic amines is 1. The number of nitrogens with zero attached hydrogens (tertiary/aromatic N) is 2. The molecule has 2 N–H and O–H groups in total. The fourth-order valence-electron chi connectivity index (χ4n) is 4.92. The minimum atomic E-state index is -0.870. The SMILES string of the molecule is CCOc1ccc(C2C(=C(O)c3c(C)[nH]c(C(=O)OC)c3C)C(=O)C(=O)N2CCN(CC)CC)cc1OC. The van der Waals surface area contributed by atoms with Gasteiger partial charge in [-0.1, -0.05) is 19.9 Å². The number of H-pyrrole nitrogens is 1. The summed E-state index contributed by atoms with van der Waals surface area (Å²) in [5.41, 5.74) is 1.88. The summed E-state index contributed by atoms with van der Waals surface area (Å²) in [5, 5.41) is 11.6. The summed E-state index contributed by atoms with van der Waals surface area (Å²) in [6.07, 6.45) is 0. The molecule has 1 aromatic carbocycles. The van der Waals surface area contributed by atoms with Gasteiger partial charge in [0.25, 0.3) is 11.7 Å². The van der Waals surface area contributed by atoms with Crippen LogP contribution in [0.3, 0.4) is 0 Å². The highest BCUT2D eigenvalue weighted by atomic mass is 16.5. The second-order valence-corrected chi connectivity index (χ2v) is 8.98. The molecule has 1 fully saturated rings. The van der Waals surface area contributed by atoms with Crippen molar-refractivity contribution < 1.29 is 33.7 Å². The second kappa shape index (κ2) is 12.2. The Morgan fingerprint density at radius 2 is 1.79 bits per heavy atom. The maximum absolute atomic E-state index is 13.5. The van der Waals surface area contributed by atoms with E-state index in [1.807, 2.05) is 20.8 Å². The lowest BCUT2D eigenvalue weighted by Crippen LogP contribution is -2.38. The van der Waals surface area contributed by atoms with E-state index in [9.17, 15) is 19.5 Å². The molecule has 1 aliphatic heterocycles. The number of hydrogen-bond donors (Lipinski definition) is 2. The van der Waals surface area contributed by atoms with Gasteiger partial charge in [0.1, 0.15) is 11.5 Å². The van der Waals surface area contributed by atoms with E-state index in [0.717, 1.165) is 13.1 Å². The highest BCUT2D eigenvalue weighted by Crippen LogP contribution is 2.43. The number of nitrogens with one attached hydrogen (secondary N) is 1. The van der Waals surface area contributed by atoms with E-state index in [1.54, 1.807) is 32.0 Å². The fraction of sp³-hybridized carbons (Fsp3) is 0.464. The van der Waals surface area contributed by atoms with E-state index >= 15 is 0 Å². The summed E-state index contributed by atoms with van der Waals surface area (Å²) in [6, 6.07) is 4.34. The van der Waals surface area contributed by atoms with Gasteiger partial charge in [-0.2, -0.15) is 0 Å². The van der Waals surface area contributed by atoms with Crippen molar-refractivity contribution in [3.8, 4) is 11.5 Å². The second-order valence-electron chi connectivity index (χ2n) is 8.98. The lowest BCUT2D eigenvalue weighted by molar-refractivity contribution is -0.140. The van der Waals surface area contributed by atoms with Crippen LogP contribution in [0.1, 0.15) is 59.7 Å². The van der Waals surface area contributed by atoms with Crippen molar-refractivity contribution in [1.29, 1.82) is 0 Å². The maximum Gasteiger partial charge on any atom is 0.354 e. The first-order valence-electron chi connectivity index (χ1n) is 12.7. The lowest BCUT2D eigenvalue weighted by atomic mass is 9.93. The first-order chi connectivity index (χ1) is 18.1. The zero-order valence-electron chi connectivity index (χ0n) is 23.1. The number of aliphatic hydroxyl groups is 1. The van der Waals surface area contributed by atoms with Gasteiger partial charge in [-0.05, 0) is 57.1 Å². The van der Waals surface area contributed by atoms with Crippen LogP contribution in [0.5, 0.6) is 11.5 Å². The van der Waals surface area contributed by atoms with Crippen LogP contribution < -0.4 is 9.47 Å². The van der Waals surface area contributed by atoms with E-state index in [1.165, 1.54) is 19.1 Å². The molecule has 0 saturated carbocycles. The molecule has 0 spiro atoms. The van der Waals surface area contributed by atoms with Crippen molar-refractivity contribution in [2.75, 3.05) is 47.0 Å². The van der Waals surface area contributed by atoms with Gasteiger partial charge in [-0.25, -0.2) is 4.79 Å². The molecular formula is C28H37N3O7. The highest BCUT2D eigenvalue weighted by molar-refractivity contribution is 6.46. The molecule has 2 heterocycles. The molecule has 1 saturated heterocycles. The van der Waals surface area contributed by atoms with E-state index in [0.29, 0.717) is 41.5 Å². The summed E-state index contributed by atoms with van der Waals surface area (Å²) >= 11 is 0. The van der Waals surface area contributed by atoms with Crippen LogP contribution >= 0.6 is 0 Å². The van der Waals surface area contributed by atoms with Crippen LogP contribution in [0.4, 0.5) is 0 Å². The molecule has 1 atom stereocenters. The molecule has 0 radical (unpaired) electrons. The Bertz CT molecular complexity index is 1240. The average Bonchev–Trinajstić information content (AvgIpc) is 3.35. The number of carbonyl (C=O) groups excluding carboxylic acids is 3. The number of benzene rings is 1. The number of hydrogen-bond acceptors (Lipinski definition) is 8. The third kappa shape index (κ3) is 5.26. The van der Waals surface area contributed by atoms with Crippen molar-refractivity contribution in [1.82, 2.24) is 14.8 Å². The van der Waals surface area contributed by atoms with E-state index < -0.39 is 23.7 Å². The first kappa shape index (κ1) is 28.8. The van der Waals surface area contributed by atoms with Crippen LogP contribution in [-0.4, -0.2) is 84.6 Å². The molecule has 0 bridgehead atoms. The maximum atomic E-state index is 13.5. The standard InChI is InChI=1S/C28H37N3O7/c1-8-30(9-2)13-14-31-24(18-11-12-19(38-10-3)20(15-18)36-6)22(26(33)27(31)34)25(32)21-16(4)23(28(35)37-7)29-17(21)5/h11-12,15,24,29,32H,8-10,13-14H2,1-7H3. The zero-order chi connectivity index (χ0) is 28.1. The Hall–Kier alpha value is -3.79. The minimum absolute atomic E-state index is 0.0534. The monoisotopic (exact) mass is 527 g/mol. The third-order valence-electron chi connectivity index (χ3n) is 6.96. The van der Waals surface area contributed by atoms with E-state index in [2.05, 4.69) is 9.88 Å². The number of aliphatic hydroxyl groups excluding tert-OH is 1. The molecule has 10 heteroatoms. The van der Waals surface area contributed by atoms with Crippen LogP contribution in [0.25, 0.3) is 5.76 Å². The zero-order valence-corrected chi connectivity index (χ0v) is 23.1. The molecule has 1 aliphatic rings. The van der Waals surface area contributed by atoms with Crippen LogP contribution in [0.15, 0.2) is 23.8 Å². The quantitative estimate of drug-likeness (QED) is 0.197. The number of amides is 1. The van der Waals surface area contributed by atoms with Crippen molar-refractivity contribution in [2.24, 2.45) is 0 Å². The normalized spacial score (nSPS) is 16.8. The molecular weight excluding hydrogens is 490 g/mol. The molecule has 0 aliphatic carbocycles. The number of esters is 1. The van der Waals surface area contributed by atoms with Gasteiger partial charge in [-0.15, -0.1) is 0 Å². The van der Waals surface area contributed by atoms with Crippen LogP contribution in [0.2, 0.25) is 0 Å². The van der Waals surface area contributed by atoms with E-state index in [4.69, 9.17) is 14.2 Å². The van der Waals surface area contributed by atoms with Gasteiger partial charge in [0.15, 0.2) is 11.5 Å². The molecule has 3 rings (SSSR count). The van der Waals surface area contributed by atoms with Crippen molar-refractivity contribution in [3.63, 3.8) is 0 Å². The highest BCUT2D eigenvalue weighted by Gasteiger charge is 2.46. The number of Topliss-reactive ketones (excluding diaryl/α,β-unsaturated/α-hetero) is 1. The lowest BCUT2D eigenvalue weighted by Gasteiger charge is -2.28. The Labute approximate surface area is 223 Å². The summed E-state index contributed by atoms with van der Waals surface area (Å²) in [6.45, 7) is 12.1. The smallest absolute Gasteiger partial charge is 0.354 e. The number of likely N-dealkylation sites (N-methyl/N-ethyl adjacent to an activating group) is 1. The first-order valence-corrected chi connectivity index (χ1v) is 12.7. The average molecular weight is 528 g/mol. The summed E-state index contributed by atoms with van der Waals surface area (Å²) < 4.78 is 16.0. The summed E-state index contributed by atoms with van der Waals surface area (Å²) in [5.74, 6) is -1.47. The summed E-state index contributed by atoms with van der Waals surface area (Å²) in [4.78, 5) is 45.6. The summed E-state index contributed by atoms with van der Waals surface area (Å²) in [7, 11) is 2.78. The molecule has 206 valence electrons. The van der Waals surface area contributed by atoms with Gasteiger partial charge in [-0.3, -0.25) is 9.59 Å². The Balaban J connectivity index is 2.23. The molecule has 2 aromatic rings. The predicted molar refractivity (Wildman–Crippen MR) is 143 cm³/mol. The molecule has 10 nitrogen and oxygen atoms in total. The number of rotatable bonds is 11. The van der Waals surface area contributed by atoms with Gasteiger partial charge < -0.3 is 34.1 Å². The molecule has 38 heavy (non-hydrogen) atoms. The van der Waals surface area contributed by atoms with Gasteiger partial charge in [0, 0.05) is 24.3 Å². The molecule has 1 aromatic heterocycles. The third-order valence-corrected chi connectivity index (χ3v) is 6.96. The van der Waals surface area contributed by atoms with Crippen molar-refractivity contribution in [3.05, 3.63) is 51.9 Å². The Morgan fingerprint density at radius 1 is 1.11 bits per heavy atom. The van der Waals surface area contributed by atoms with Crippen LogP contribution in [-0.2, 0) is 14.3 Å². The number of ketones is 1. The van der Waals surface area contributed by atoms with Crippen molar-refractivity contribution >= 4 is 23.4 Å².